The number of hydrogen-bond donors (Lipinski definition) is 0. The van der Waals surface area contributed by atoms with Gasteiger partial charge in [-0.3, -0.25) is 15.0 Å². The summed E-state index contributed by atoms with van der Waals surface area (Å²) in [6.07, 6.45) is 14.3. The minimum absolute atomic E-state index is 0. The number of imidazole rings is 2. The molecule has 0 saturated heterocycles. The predicted molar refractivity (Wildman–Crippen MR) is 130 cm³/mol. The predicted octanol–water partition coefficient (Wildman–Crippen LogP) is -1.25. The van der Waals surface area contributed by atoms with Crippen LogP contribution < -0.4 is 29.6 Å². The Hall–Kier alpha value is -2.82. The van der Waals surface area contributed by atoms with E-state index < -0.39 is 0 Å². The summed E-state index contributed by atoms with van der Waals surface area (Å²) in [5.41, 5.74) is 1.81. The van der Waals surface area contributed by atoms with Crippen LogP contribution in [0.3, 0.4) is 0 Å². The van der Waals surface area contributed by atoms with Crippen molar-refractivity contribution in [3.63, 3.8) is 0 Å². The van der Waals surface area contributed by atoms with Crippen molar-refractivity contribution >= 4 is 9.64 Å². The first-order valence-electron chi connectivity index (χ1n) is 10.0. The standard InChI is InChI=1S/2C9H9N3.C6H7NO.3ClH.Os/c2*1-12-7-6-11-9(12)8-4-2-3-5-10-8;1-8-6-3-2-4-7-5-6;;;;/h2*2-7H,1H3;2-5H,1H3;3*1H;/q;;;;;;+1/p-3. The zero-order valence-electron chi connectivity index (χ0n) is 19.8. The van der Waals surface area contributed by atoms with Crippen LogP contribution in [-0.4, -0.2) is 41.2 Å². The van der Waals surface area contributed by atoms with Crippen LogP contribution in [0.5, 0.6) is 5.75 Å². The molecule has 0 saturated carbocycles. The van der Waals surface area contributed by atoms with Crippen LogP contribution in [0.1, 0.15) is 0 Å². The van der Waals surface area contributed by atoms with E-state index in [1.165, 1.54) is 17.6 Å². The number of methoxy groups -OCH3 is 1. The Morgan fingerprint density at radius 2 is 1.17 bits per heavy atom. The number of halogens is 3. The van der Waals surface area contributed by atoms with Gasteiger partial charge in [0.25, 0.3) is 0 Å². The van der Waals surface area contributed by atoms with Gasteiger partial charge in [0.1, 0.15) is 17.1 Å². The fourth-order valence-corrected chi connectivity index (χ4v) is 2.68. The number of aryl methyl sites for hydroxylation is 2. The van der Waals surface area contributed by atoms with Gasteiger partial charge in [-0.2, -0.15) is 0 Å². The fraction of sp³-hybridized carbons (Fsp3) is 0.125. The summed E-state index contributed by atoms with van der Waals surface area (Å²) >= 11 is 1.33. The Balaban J connectivity index is 0.000000489. The van der Waals surface area contributed by atoms with Gasteiger partial charge < -0.3 is 38.7 Å². The van der Waals surface area contributed by atoms with Gasteiger partial charge in [-0.15, -0.1) is 0 Å². The molecule has 0 atom stereocenters. The van der Waals surface area contributed by atoms with Gasteiger partial charge >= 0.3 is 27.2 Å². The maximum absolute atomic E-state index is 4.85. The van der Waals surface area contributed by atoms with E-state index in [1.807, 2.05) is 84.2 Å². The van der Waals surface area contributed by atoms with Crippen molar-refractivity contribution in [1.82, 2.24) is 34.1 Å². The molecule has 0 aliphatic rings. The third kappa shape index (κ3) is 10.8. The number of hydrogen-bond acceptors (Lipinski definition) is 6. The molecule has 0 amide bonds. The van der Waals surface area contributed by atoms with Crippen LogP contribution in [-0.2, 0) is 31.7 Å². The zero-order chi connectivity index (χ0) is 24.6. The fourth-order valence-electron chi connectivity index (χ4n) is 2.68. The number of ether oxygens (including phenoxy) is 1. The molecule has 5 aromatic rings. The van der Waals surface area contributed by atoms with Crippen LogP contribution in [0.4, 0.5) is 0 Å². The van der Waals surface area contributed by atoms with Gasteiger partial charge in [0.15, 0.2) is 11.6 Å². The second-order valence-corrected chi connectivity index (χ2v) is 6.55. The van der Waals surface area contributed by atoms with Crippen LogP contribution in [0.2, 0.25) is 0 Å². The topological polar surface area (TPSA) is 83.5 Å². The molecule has 0 spiro atoms. The SMILES string of the molecule is COc1cccnc1.Cn1ccnc1-c1ccccn1.Cn1ccnc1-c1ccccn1.[Cl-].[Cl-].[Cl][Os]. The number of aromatic nitrogens is 7. The average molecular weight is 724 g/mol. The van der Waals surface area contributed by atoms with Gasteiger partial charge in [0.05, 0.1) is 13.3 Å². The maximum atomic E-state index is 4.85. The van der Waals surface area contributed by atoms with Gasteiger partial charge in [0, 0.05) is 57.5 Å². The molecule has 0 fully saturated rings. The van der Waals surface area contributed by atoms with Crippen LogP contribution in [0.15, 0.2) is 98.1 Å². The summed E-state index contributed by atoms with van der Waals surface area (Å²) in [5.74, 6) is 2.60. The molecule has 5 heterocycles. The van der Waals surface area contributed by atoms with Crippen molar-refractivity contribution in [3.05, 3.63) is 98.1 Å². The van der Waals surface area contributed by atoms with Crippen LogP contribution >= 0.6 is 9.64 Å². The van der Waals surface area contributed by atoms with Crippen molar-refractivity contribution < 1.29 is 47.1 Å². The first kappa shape index (κ1) is 33.2. The minimum atomic E-state index is 0. The van der Waals surface area contributed by atoms with Crippen LogP contribution in [0.25, 0.3) is 23.0 Å². The van der Waals surface area contributed by atoms with E-state index in [0.29, 0.717) is 0 Å². The average Bonchev–Trinajstić information content (AvgIpc) is 3.55. The van der Waals surface area contributed by atoms with E-state index in [4.69, 9.17) is 4.74 Å². The Bertz CT molecular complexity index is 1120. The Morgan fingerprint density at radius 1 is 0.667 bits per heavy atom. The summed E-state index contributed by atoms with van der Waals surface area (Å²) in [6.45, 7) is 0. The zero-order valence-corrected chi connectivity index (χ0v) is 24.6. The Morgan fingerprint density at radius 3 is 1.44 bits per heavy atom. The first-order valence-corrected chi connectivity index (χ1v) is 13.2. The summed E-state index contributed by atoms with van der Waals surface area (Å²) in [6, 6.07) is 15.3. The van der Waals surface area contributed by atoms with E-state index in [9.17, 15) is 0 Å². The number of nitrogens with zero attached hydrogens (tertiary/aromatic N) is 7. The molecule has 5 rings (SSSR count). The molecule has 5 aromatic heterocycles. The summed E-state index contributed by atoms with van der Waals surface area (Å²) < 4.78 is 8.75. The molecule has 0 N–H and O–H groups in total. The first-order chi connectivity index (χ1) is 16.7. The monoisotopic (exact) mass is 724 g/mol. The molecular weight excluding hydrogens is 699 g/mol. The number of rotatable bonds is 3. The van der Waals surface area contributed by atoms with Gasteiger partial charge in [-0.1, -0.05) is 12.1 Å². The van der Waals surface area contributed by atoms with E-state index in [2.05, 4.69) is 34.6 Å². The molecule has 0 aromatic carbocycles. The molecular formula is C24H25Cl3N7OOs-2. The molecule has 0 radical (unpaired) electrons. The molecule has 0 bridgehead atoms. The second-order valence-electron chi connectivity index (χ2n) is 6.55. The van der Waals surface area contributed by atoms with Gasteiger partial charge in [0.2, 0.25) is 0 Å². The molecule has 0 aliphatic carbocycles. The van der Waals surface area contributed by atoms with Crippen molar-refractivity contribution in [3.8, 4) is 28.8 Å². The quantitative estimate of drug-likeness (QED) is 0.232. The van der Waals surface area contributed by atoms with E-state index in [1.54, 1.807) is 44.3 Å². The van der Waals surface area contributed by atoms with E-state index in [-0.39, 0.29) is 24.8 Å². The normalized spacial score (nSPS) is 8.81. The third-order valence-electron chi connectivity index (χ3n) is 4.30. The summed E-state index contributed by atoms with van der Waals surface area (Å²) in [7, 11) is 10.2. The Labute approximate surface area is 237 Å². The molecule has 36 heavy (non-hydrogen) atoms. The third-order valence-corrected chi connectivity index (χ3v) is 4.30. The Kier molecular flexibility index (Phi) is 17.9. The van der Waals surface area contributed by atoms with Gasteiger partial charge in [-0.25, -0.2) is 9.97 Å². The van der Waals surface area contributed by atoms with E-state index in [0.717, 1.165) is 28.8 Å². The second kappa shape index (κ2) is 19.4. The molecule has 193 valence electrons. The summed E-state index contributed by atoms with van der Waals surface area (Å²) in [4.78, 5) is 20.6. The van der Waals surface area contributed by atoms with Gasteiger partial charge in [-0.05, 0) is 36.4 Å². The molecule has 0 aliphatic heterocycles. The van der Waals surface area contributed by atoms with Crippen molar-refractivity contribution in [2.75, 3.05) is 7.11 Å². The summed E-state index contributed by atoms with van der Waals surface area (Å²) in [5, 5.41) is 0. The number of pyridine rings is 3. The van der Waals surface area contributed by atoms with E-state index >= 15 is 0 Å². The van der Waals surface area contributed by atoms with Crippen molar-refractivity contribution in [1.29, 1.82) is 0 Å². The molecule has 12 heteroatoms. The van der Waals surface area contributed by atoms with Crippen LogP contribution in [0, 0.1) is 0 Å². The van der Waals surface area contributed by atoms with Crippen molar-refractivity contribution in [2.45, 2.75) is 0 Å². The van der Waals surface area contributed by atoms with Crippen molar-refractivity contribution in [2.24, 2.45) is 14.1 Å². The molecule has 0 unspecified atom stereocenters. The molecule has 8 nitrogen and oxygen atoms in total.